The molecule has 1 unspecified atom stereocenters. The van der Waals surface area contributed by atoms with Crippen LogP contribution in [0.2, 0.25) is 0 Å². The topological polar surface area (TPSA) is 78.3 Å². The van der Waals surface area contributed by atoms with Crippen molar-refractivity contribution in [3.63, 3.8) is 0 Å². The van der Waals surface area contributed by atoms with Crippen molar-refractivity contribution in [2.45, 2.75) is 44.4 Å². The van der Waals surface area contributed by atoms with Crippen LogP contribution < -0.4 is 5.32 Å². The molecule has 1 aromatic heterocycles. The number of aliphatic hydroxyl groups is 2. The van der Waals surface area contributed by atoms with E-state index in [-0.39, 0.29) is 6.04 Å². The Labute approximate surface area is 94.6 Å². The minimum atomic E-state index is -0.642. The Morgan fingerprint density at radius 2 is 1.88 bits per heavy atom. The Bertz CT molecular complexity index is 342. The van der Waals surface area contributed by atoms with Crippen LogP contribution in [0.15, 0.2) is 12.4 Å². The SMILES string of the molecule is Cc1cnc(NC2CC[C@@H](O)[C@@H](O)C2)nc1. The van der Waals surface area contributed by atoms with E-state index >= 15 is 0 Å². The van der Waals surface area contributed by atoms with Crippen molar-refractivity contribution in [3.8, 4) is 0 Å². The van der Waals surface area contributed by atoms with Crippen molar-refractivity contribution >= 4 is 5.95 Å². The van der Waals surface area contributed by atoms with Gasteiger partial charge in [0, 0.05) is 18.4 Å². The fourth-order valence-corrected chi connectivity index (χ4v) is 1.91. The highest BCUT2D eigenvalue weighted by molar-refractivity contribution is 5.26. The summed E-state index contributed by atoms with van der Waals surface area (Å²) in [4.78, 5) is 8.30. The van der Waals surface area contributed by atoms with E-state index in [2.05, 4.69) is 15.3 Å². The summed E-state index contributed by atoms with van der Waals surface area (Å²) in [6.45, 7) is 1.94. The third-order valence-electron chi connectivity index (χ3n) is 2.90. The van der Waals surface area contributed by atoms with Crippen LogP contribution in [0.25, 0.3) is 0 Å². The Morgan fingerprint density at radius 1 is 1.19 bits per heavy atom. The van der Waals surface area contributed by atoms with Gasteiger partial charge in [0.05, 0.1) is 12.2 Å². The molecule has 0 aromatic carbocycles. The van der Waals surface area contributed by atoms with Gasteiger partial charge in [-0.25, -0.2) is 9.97 Å². The first-order valence-electron chi connectivity index (χ1n) is 5.56. The van der Waals surface area contributed by atoms with Gasteiger partial charge in [-0.3, -0.25) is 0 Å². The third kappa shape index (κ3) is 2.68. The maximum absolute atomic E-state index is 9.54. The van der Waals surface area contributed by atoms with Crippen molar-refractivity contribution in [3.05, 3.63) is 18.0 Å². The van der Waals surface area contributed by atoms with Crippen molar-refractivity contribution < 1.29 is 10.2 Å². The number of anilines is 1. The van der Waals surface area contributed by atoms with Crippen LogP contribution in [0.4, 0.5) is 5.95 Å². The molecule has 5 heteroatoms. The van der Waals surface area contributed by atoms with Gasteiger partial charge in [0.1, 0.15) is 0 Å². The quantitative estimate of drug-likeness (QED) is 0.679. The smallest absolute Gasteiger partial charge is 0.222 e. The first-order valence-corrected chi connectivity index (χ1v) is 5.56. The van der Waals surface area contributed by atoms with Crippen molar-refractivity contribution in [1.82, 2.24) is 9.97 Å². The van der Waals surface area contributed by atoms with Gasteiger partial charge in [-0.05, 0) is 31.7 Å². The van der Waals surface area contributed by atoms with Crippen LogP contribution in [0.1, 0.15) is 24.8 Å². The molecule has 0 saturated heterocycles. The average Bonchev–Trinajstić information content (AvgIpc) is 2.27. The second-order valence-electron chi connectivity index (χ2n) is 4.37. The molecule has 0 spiro atoms. The van der Waals surface area contributed by atoms with E-state index in [1.807, 2.05) is 6.92 Å². The molecule has 0 amide bonds. The second kappa shape index (κ2) is 4.76. The fourth-order valence-electron chi connectivity index (χ4n) is 1.91. The summed E-state index contributed by atoms with van der Waals surface area (Å²) >= 11 is 0. The zero-order valence-electron chi connectivity index (χ0n) is 9.30. The van der Waals surface area contributed by atoms with E-state index in [0.717, 1.165) is 12.0 Å². The first kappa shape index (κ1) is 11.3. The number of hydrogen-bond donors (Lipinski definition) is 3. The summed E-state index contributed by atoms with van der Waals surface area (Å²) in [5.74, 6) is 0.583. The Balaban J connectivity index is 1.93. The predicted molar refractivity (Wildman–Crippen MR) is 60.0 cm³/mol. The molecular weight excluding hydrogens is 206 g/mol. The fraction of sp³-hybridized carbons (Fsp3) is 0.636. The van der Waals surface area contributed by atoms with E-state index in [1.54, 1.807) is 12.4 Å². The van der Waals surface area contributed by atoms with E-state index < -0.39 is 12.2 Å². The van der Waals surface area contributed by atoms with E-state index in [1.165, 1.54) is 0 Å². The van der Waals surface area contributed by atoms with Crippen molar-refractivity contribution in [2.24, 2.45) is 0 Å². The van der Waals surface area contributed by atoms with Crippen LogP contribution in [0.5, 0.6) is 0 Å². The normalized spacial score (nSPS) is 30.1. The molecule has 3 N–H and O–H groups in total. The van der Waals surface area contributed by atoms with Gasteiger partial charge in [-0.1, -0.05) is 0 Å². The Kier molecular flexibility index (Phi) is 3.36. The van der Waals surface area contributed by atoms with Crippen molar-refractivity contribution in [2.75, 3.05) is 5.32 Å². The Morgan fingerprint density at radius 3 is 2.50 bits per heavy atom. The number of aryl methyl sites for hydroxylation is 1. The van der Waals surface area contributed by atoms with E-state index in [9.17, 15) is 10.2 Å². The minimum Gasteiger partial charge on any atom is -0.390 e. The van der Waals surface area contributed by atoms with E-state index in [4.69, 9.17) is 0 Å². The van der Waals surface area contributed by atoms with E-state index in [0.29, 0.717) is 18.8 Å². The number of hydrogen-bond acceptors (Lipinski definition) is 5. The number of aromatic nitrogens is 2. The molecule has 2 rings (SSSR count). The maximum Gasteiger partial charge on any atom is 0.222 e. The molecule has 1 aliphatic carbocycles. The van der Waals surface area contributed by atoms with Gasteiger partial charge >= 0.3 is 0 Å². The van der Waals surface area contributed by atoms with Gasteiger partial charge in [-0.2, -0.15) is 0 Å². The molecular formula is C11H17N3O2. The molecule has 1 aliphatic rings. The number of nitrogens with one attached hydrogen (secondary N) is 1. The summed E-state index contributed by atoms with van der Waals surface area (Å²) in [6, 6.07) is 0.140. The lowest BCUT2D eigenvalue weighted by Gasteiger charge is -2.30. The lowest BCUT2D eigenvalue weighted by atomic mass is 9.91. The molecule has 16 heavy (non-hydrogen) atoms. The van der Waals surface area contributed by atoms with Crippen LogP contribution in [0.3, 0.4) is 0 Å². The summed E-state index contributed by atoms with van der Waals surface area (Å²) in [7, 11) is 0. The zero-order chi connectivity index (χ0) is 11.5. The maximum atomic E-state index is 9.54. The highest BCUT2D eigenvalue weighted by Gasteiger charge is 2.27. The molecule has 3 atom stereocenters. The van der Waals surface area contributed by atoms with Crippen LogP contribution in [-0.2, 0) is 0 Å². The molecule has 88 valence electrons. The van der Waals surface area contributed by atoms with Crippen LogP contribution in [-0.4, -0.2) is 38.4 Å². The summed E-state index contributed by atoms with van der Waals surface area (Å²) in [5, 5.41) is 22.1. The van der Waals surface area contributed by atoms with Gasteiger partial charge < -0.3 is 15.5 Å². The number of rotatable bonds is 2. The van der Waals surface area contributed by atoms with Gasteiger partial charge in [0.25, 0.3) is 0 Å². The monoisotopic (exact) mass is 223 g/mol. The largest absolute Gasteiger partial charge is 0.390 e. The highest BCUT2D eigenvalue weighted by Crippen LogP contribution is 2.21. The molecule has 0 bridgehead atoms. The standard InChI is InChI=1S/C11H17N3O2/c1-7-5-12-11(13-6-7)14-8-2-3-9(15)10(16)4-8/h5-6,8-10,15-16H,2-4H2,1H3,(H,12,13,14)/t8?,9-,10+/m1/s1. The highest BCUT2D eigenvalue weighted by atomic mass is 16.3. The zero-order valence-corrected chi connectivity index (χ0v) is 9.30. The summed E-state index contributed by atoms with van der Waals surface area (Å²) in [5.41, 5.74) is 1.02. The summed E-state index contributed by atoms with van der Waals surface area (Å²) < 4.78 is 0. The van der Waals surface area contributed by atoms with Crippen LogP contribution >= 0.6 is 0 Å². The lowest BCUT2D eigenvalue weighted by molar-refractivity contribution is -0.0120. The molecule has 1 heterocycles. The third-order valence-corrected chi connectivity index (χ3v) is 2.90. The summed E-state index contributed by atoms with van der Waals surface area (Å²) in [6.07, 6.45) is 4.26. The number of nitrogens with zero attached hydrogens (tertiary/aromatic N) is 2. The lowest BCUT2D eigenvalue weighted by Crippen LogP contribution is -2.39. The van der Waals surface area contributed by atoms with Gasteiger partial charge in [0.2, 0.25) is 5.95 Å². The minimum absolute atomic E-state index is 0.140. The van der Waals surface area contributed by atoms with Gasteiger partial charge in [-0.15, -0.1) is 0 Å². The van der Waals surface area contributed by atoms with Gasteiger partial charge in [0.15, 0.2) is 0 Å². The molecule has 1 aromatic rings. The number of aliphatic hydroxyl groups excluding tert-OH is 2. The molecule has 0 aliphatic heterocycles. The molecule has 0 radical (unpaired) electrons. The molecule has 1 fully saturated rings. The Hall–Kier alpha value is -1.20. The second-order valence-corrected chi connectivity index (χ2v) is 4.37. The van der Waals surface area contributed by atoms with Crippen LogP contribution in [0, 0.1) is 6.92 Å². The van der Waals surface area contributed by atoms with Crippen molar-refractivity contribution in [1.29, 1.82) is 0 Å². The predicted octanol–water partition coefficient (Wildman–Crippen LogP) is 0.471. The molecule has 1 saturated carbocycles. The molecule has 5 nitrogen and oxygen atoms in total. The average molecular weight is 223 g/mol. The first-order chi connectivity index (χ1) is 7.65.